The van der Waals surface area contributed by atoms with Gasteiger partial charge >= 0.3 is 5.97 Å². The van der Waals surface area contributed by atoms with Gasteiger partial charge in [0.05, 0.1) is 18.1 Å². The van der Waals surface area contributed by atoms with Gasteiger partial charge in [-0.25, -0.2) is 0 Å². The van der Waals surface area contributed by atoms with Crippen LogP contribution in [0, 0.1) is 23.2 Å². The lowest BCUT2D eigenvalue weighted by atomic mass is 9.53. The summed E-state index contributed by atoms with van der Waals surface area (Å²) in [6.45, 7) is 8.97. The lowest BCUT2D eigenvalue weighted by molar-refractivity contribution is -0.147. The first-order valence-corrected chi connectivity index (χ1v) is 10.7. The van der Waals surface area contributed by atoms with Crippen LogP contribution >= 0.6 is 0 Å². The zero-order valence-electron chi connectivity index (χ0n) is 16.6. The zero-order chi connectivity index (χ0) is 18.8. The first-order valence-electron chi connectivity index (χ1n) is 10.7. The number of hydrogen-bond acceptors (Lipinski definition) is 5. The van der Waals surface area contributed by atoms with Gasteiger partial charge in [0.1, 0.15) is 6.10 Å². The lowest BCUT2D eigenvalue weighted by Crippen LogP contribution is -2.52. The number of carbonyl (C=O) groups excluding carboxylic acids is 2. The van der Waals surface area contributed by atoms with E-state index in [4.69, 9.17) is 9.47 Å². The molecule has 1 amide bonds. The average molecular weight is 376 g/mol. The van der Waals surface area contributed by atoms with Crippen molar-refractivity contribution in [1.29, 1.82) is 0 Å². The standard InChI is InChI=1S/C21H32N2O4/c1-14(24)23-8-6-22(7-9-23)12-16-15-10-18-20(2,11-17(15)27-19(16)25)4-3-5-21(18)13-26-21/h15-18H,3-13H2,1-2H3/t15-,16-,17-,18+,20-,21+/m1/s1. The minimum Gasteiger partial charge on any atom is -0.462 e. The Kier molecular flexibility index (Phi) is 4.10. The van der Waals surface area contributed by atoms with E-state index in [0.29, 0.717) is 11.8 Å². The summed E-state index contributed by atoms with van der Waals surface area (Å²) in [5, 5.41) is 0. The van der Waals surface area contributed by atoms with Gasteiger partial charge in [0.25, 0.3) is 0 Å². The Balaban J connectivity index is 1.28. The first kappa shape index (κ1) is 17.9. The van der Waals surface area contributed by atoms with E-state index in [1.807, 2.05) is 4.90 Å². The molecule has 3 saturated heterocycles. The molecule has 6 atom stereocenters. The summed E-state index contributed by atoms with van der Waals surface area (Å²) in [4.78, 5) is 28.5. The predicted octanol–water partition coefficient (Wildman–Crippen LogP) is 1.68. The molecule has 0 aromatic heterocycles. The van der Waals surface area contributed by atoms with Crippen LogP contribution in [0.15, 0.2) is 0 Å². The molecule has 3 aliphatic heterocycles. The van der Waals surface area contributed by atoms with E-state index in [9.17, 15) is 9.59 Å². The maximum absolute atomic E-state index is 12.7. The molecule has 5 fully saturated rings. The quantitative estimate of drug-likeness (QED) is 0.542. The Hall–Kier alpha value is -1.14. The van der Waals surface area contributed by atoms with E-state index in [1.165, 1.54) is 19.3 Å². The summed E-state index contributed by atoms with van der Waals surface area (Å²) < 4.78 is 11.9. The summed E-state index contributed by atoms with van der Waals surface area (Å²) in [7, 11) is 0. The van der Waals surface area contributed by atoms with Crippen LogP contribution in [0.4, 0.5) is 0 Å². The van der Waals surface area contributed by atoms with Crippen molar-refractivity contribution < 1.29 is 19.1 Å². The molecule has 5 aliphatic rings. The van der Waals surface area contributed by atoms with Crippen LogP contribution < -0.4 is 0 Å². The summed E-state index contributed by atoms with van der Waals surface area (Å²) in [5.74, 6) is 1.05. The monoisotopic (exact) mass is 376 g/mol. The van der Waals surface area contributed by atoms with Gasteiger partial charge in [-0.1, -0.05) is 6.92 Å². The summed E-state index contributed by atoms with van der Waals surface area (Å²) >= 11 is 0. The third kappa shape index (κ3) is 2.91. The van der Waals surface area contributed by atoms with Gasteiger partial charge < -0.3 is 14.4 Å². The topological polar surface area (TPSA) is 62.4 Å². The fraction of sp³-hybridized carbons (Fsp3) is 0.905. The van der Waals surface area contributed by atoms with Crippen LogP contribution in [-0.2, 0) is 19.1 Å². The minimum absolute atomic E-state index is 0.00649. The van der Waals surface area contributed by atoms with Crippen molar-refractivity contribution in [3.8, 4) is 0 Å². The van der Waals surface area contributed by atoms with Crippen LogP contribution in [-0.4, -0.2) is 72.7 Å². The highest BCUT2D eigenvalue weighted by Crippen LogP contribution is 2.62. The largest absolute Gasteiger partial charge is 0.462 e. The van der Waals surface area contributed by atoms with Crippen LogP contribution in [0.2, 0.25) is 0 Å². The Morgan fingerprint density at radius 2 is 1.96 bits per heavy atom. The first-order chi connectivity index (χ1) is 12.9. The molecule has 0 unspecified atom stereocenters. The number of fused-ring (bicyclic) bond motifs is 3. The molecule has 5 rings (SSSR count). The second kappa shape index (κ2) is 6.18. The Labute approximate surface area is 161 Å². The molecule has 0 aromatic carbocycles. The summed E-state index contributed by atoms with van der Waals surface area (Å²) in [6, 6.07) is 0. The third-order valence-electron chi connectivity index (χ3n) is 8.35. The van der Waals surface area contributed by atoms with E-state index in [1.54, 1.807) is 6.92 Å². The van der Waals surface area contributed by atoms with Gasteiger partial charge in [-0.05, 0) is 43.4 Å². The number of esters is 1. The Bertz CT molecular complexity index is 640. The van der Waals surface area contributed by atoms with Gasteiger partial charge in [-0.2, -0.15) is 0 Å². The molecule has 2 aliphatic carbocycles. The number of amides is 1. The molecule has 6 nitrogen and oxygen atoms in total. The number of nitrogens with zero attached hydrogens (tertiary/aromatic N) is 2. The van der Waals surface area contributed by atoms with Crippen LogP contribution in [0.3, 0.4) is 0 Å². The van der Waals surface area contributed by atoms with Crippen molar-refractivity contribution in [2.45, 2.75) is 57.7 Å². The number of hydrogen-bond donors (Lipinski definition) is 0. The van der Waals surface area contributed by atoms with Gasteiger partial charge in [0.2, 0.25) is 5.91 Å². The molecule has 27 heavy (non-hydrogen) atoms. The van der Waals surface area contributed by atoms with E-state index in [0.717, 1.165) is 52.2 Å². The van der Waals surface area contributed by atoms with Gasteiger partial charge in [-0.3, -0.25) is 14.5 Å². The third-order valence-corrected chi connectivity index (χ3v) is 8.35. The highest BCUT2D eigenvalue weighted by atomic mass is 16.6. The molecule has 2 saturated carbocycles. The van der Waals surface area contributed by atoms with Crippen molar-refractivity contribution in [2.75, 3.05) is 39.3 Å². The number of ether oxygens (including phenoxy) is 2. The van der Waals surface area contributed by atoms with Crippen molar-refractivity contribution >= 4 is 11.9 Å². The van der Waals surface area contributed by atoms with Crippen LogP contribution in [0.25, 0.3) is 0 Å². The molecular formula is C21H32N2O4. The van der Waals surface area contributed by atoms with Crippen molar-refractivity contribution in [3.05, 3.63) is 0 Å². The van der Waals surface area contributed by atoms with E-state index < -0.39 is 0 Å². The van der Waals surface area contributed by atoms with E-state index in [2.05, 4.69) is 11.8 Å². The molecule has 0 N–H and O–H groups in total. The average Bonchev–Trinajstić information content (AvgIpc) is 3.33. The minimum atomic E-state index is -0.0128. The highest BCUT2D eigenvalue weighted by Gasteiger charge is 2.65. The summed E-state index contributed by atoms with van der Waals surface area (Å²) in [5.41, 5.74) is 0.374. The van der Waals surface area contributed by atoms with Gasteiger partial charge in [0.15, 0.2) is 0 Å². The van der Waals surface area contributed by atoms with Crippen molar-refractivity contribution in [1.82, 2.24) is 9.80 Å². The van der Waals surface area contributed by atoms with E-state index >= 15 is 0 Å². The van der Waals surface area contributed by atoms with Crippen LogP contribution in [0.5, 0.6) is 0 Å². The smallest absolute Gasteiger partial charge is 0.310 e. The van der Waals surface area contributed by atoms with Crippen molar-refractivity contribution in [2.24, 2.45) is 23.2 Å². The fourth-order valence-electron chi connectivity index (χ4n) is 6.69. The zero-order valence-corrected chi connectivity index (χ0v) is 16.6. The van der Waals surface area contributed by atoms with Gasteiger partial charge in [0, 0.05) is 45.6 Å². The second-order valence-corrected chi connectivity index (χ2v) is 9.91. The lowest BCUT2D eigenvalue weighted by Gasteiger charge is -2.51. The molecule has 0 aromatic rings. The number of epoxide rings is 1. The Morgan fingerprint density at radius 1 is 1.22 bits per heavy atom. The maximum Gasteiger partial charge on any atom is 0.310 e. The number of rotatable bonds is 2. The molecular weight excluding hydrogens is 344 g/mol. The molecule has 0 bridgehead atoms. The van der Waals surface area contributed by atoms with Gasteiger partial charge in [-0.15, -0.1) is 0 Å². The normalized spacial score (nSPS) is 46.7. The van der Waals surface area contributed by atoms with E-state index in [-0.39, 0.29) is 34.9 Å². The second-order valence-electron chi connectivity index (χ2n) is 9.91. The SMILES string of the molecule is CC(=O)N1CCN(C[C@H]2C(=O)O[C@@H]3C[C@@]4(C)CCC[C@]5(CO5)[C@H]4C[C@@H]32)CC1. The molecule has 1 spiro atoms. The maximum atomic E-state index is 12.7. The van der Waals surface area contributed by atoms with Crippen LogP contribution in [0.1, 0.15) is 46.0 Å². The fourth-order valence-corrected chi connectivity index (χ4v) is 6.69. The molecule has 150 valence electrons. The van der Waals surface area contributed by atoms with Crippen molar-refractivity contribution in [3.63, 3.8) is 0 Å². The molecule has 0 radical (unpaired) electrons. The highest BCUT2D eigenvalue weighted by molar-refractivity contribution is 5.76. The molecule has 6 heteroatoms. The molecule has 3 heterocycles. The predicted molar refractivity (Wildman–Crippen MR) is 98.9 cm³/mol. The number of carbonyl (C=O) groups is 2. The summed E-state index contributed by atoms with van der Waals surface area (Å²) in [6.07, 6.45) is 5.84. The Morgan fingerprint density at radius 3 is 2.63 bits per heavy atom. The number of piperazine rings is 1.